The fourth-order valence-corrected chi connectivity index (χ4v) is 2.58. The van der Waals surface area contributed by atoms with Crippen molar-refractivity contribution in [2.75, 3.05) is 18.1 Å². The fourth-order valence-electron chi connectivity index (χ4n) is 2.58. The topological polar surface area (TPSA) is 70.0 Å². The van der Waals surface area contributed by atoms with Crippen LogP contribution in [-0.2, 0) is 11.4 Å². The van der Waals surface area contributed by atoms with E-state index in [1.165, 1.54) is 4.90 Å². The highest BCUT2D eigenvalue weighted by atomic mass is 16.5. The summed E-state index contributed by atoms with van der Waals surface area (Å²) in [4.78, 5) is 14.2. The Morgan fingerprint density at radius 2 is 1.86 bits per heavy atom. The van der Waals surface area contributed by atoms with Crippen LogP contribution in [0.3, 0.4) is 0 Å². The number of fused-ring (bicyclic) bond motifs is 1. The van der Waals surface area contributed by atoms with Crippen molar-refractivity contribution in [3.05, 3.63) is 59.7 Å². The number of hydrogen-bond donors (Lipinski definition) is 2. The van der Waals surface area contributed by atoms with E-state index in [0.29, 0.717) is 17.0 Å². The van der Waals surface area contributed by atoms with Gasteiger partial charge in [0.25, 0.3) is 5.91 Å². The predicted octanol–water partition coefficient (Wildman–Crippen LogP) is 1.64. The summed E-state index contributed by atoms with van der Waals surface area (Å²) in [7, 11) is 0. The summed E-state index contributed by atoms with van der Waals surface area (Å²) in [6.45, 7) is -0.0694. The molecule has 0 aromatic heterocycles. The van der Waals surface area contributed by atoms with Gasteiger partial charge < -0.3 is 19.8 Å². The lowest BCUT2D eigenvalue weighted by molar-refractivity contribution is -0.126. The molecule has 1 atom stereocenters. The SMILES string of the molecule is O=C1C(c2ccccc2)Oc2ccc(CO)cc2N1CCO. The van der Waals surface area contributed by atoms with Gasteiger partial charge >= 0.3 is 0 Å². The maximum atomic E-state index is 12.7. The number of nitrogens with zero attached hydrogens (tertiary/aromatic N) is 1. The average molecular weight is 299 g/mol. The number of hydrogen-bond acceptors (Lipinski definition) is 4. The third kappa shape index (κ3) is 2.56. The van der Waals surface area contributed by atoms with Gasteiger partial charge in [-0.2, -0.15) is 0 Å². The Labute approximate surface area is 128 Å². The lowest BCUT2D eigenvalue weighted by atomic mass is 10.0. The van der Waals surface area contributed by atoms with Crippen LogP contribution in [0.2, 0.25) is 0 Å². The summed E-state index contributed by atoms with van der Waals surface area (Å²) in [6, 6.07) is 14.5. The van der Waals surface area contributed by atoms with Crippen LogP contribution >= 0.6 is 0 Å². The molecular formula is C17H17NO4. The molecule has 0 aliphatic carbocycles. The summed E-state index contributed by atoms with van der Waals surface area (Å²) in [6.07, 6.45) is -0.722. The van der Waals surface area contributed by atoms with Crippen molar-refractivity contribution in [1.29, 1.82) is 0 Å². The second-order valence-electron chi connectivity index (χ2n) is 5.08. The summed E-state index contributed by atoms with van der Waals surface area (Å²) in [5, 5.41) is 18.5. The molecule has 2 aromatic rings. The van der Waals surface area contributed by atoms with E-state index in [9.17, 15) is 15.0 Å². The van der Waals surface area contributed by atoms with Crippen LogP contribution in [0.25, 0.3) is 0 Å². The molecule has 22 heavy (non-hydrogen) atoms. The molecule has 1 aliphatic rings. The van der Waals surface area contributed by atoms with E-state index < -0.39 is 6.10 Å². The molecule has 0 fully saturated rings. The first-order chi connectivity index (χ1) is 10.7. The van der Waals surface area contributed by atoms with Gasteiger partial charge in [-0.15, -0.1) is 0 Å². The molecule has 114 valence electrons. The van der Waals surface area contributed by atoms with Crippen LogP contribution in [0.4, 0.5) is 5.69 Å². The van der Waals surface area contributed by atoms with E-state index >= 15 is 0 Å². The second kappa shape index (κ2) is 6.17. The van der Waals surface area contributed by atoms with Gasteiger partial charge in [-0.05, 0) is 17.7 Å². The smallest absolute Gasteiger partial charge is 0.272 e. The van der Waals surface area contributed by atoms with Crippen LogP contribution in [0, 0.1) is 0 Å². The predicted molar refractivity (Wildman–Crippen MR) is 81.6 cm³/mol. The highest BCUT2D eigenvalue weighted by Gasteiger charge is 2.35. The van der Waals surface area contributed by atoms with Crippen molar-refractivity contribution in [3.8, 4) is 5.75 Å². The molecule has 1 heterocycles. The third-order valence-electron chi connectivity index (χ3n) is 3.66. The number of aliphatic hydroxyl groups is 2. The molecule has 1 aliphatic heterocycles. The van der Waals surface area contributed by atoms with Crippen LogP contribution in [0.15, 0.2) is 48.5 Å². The van der Waals surface area contributed by atoms with Crippen molar-refractivity contribution >= 4 is 11.6 Å². The molecule has 2 N–H and O–H groups in total. The van der Waals surface area contributed by atoms with Crippen LogP contribution in [-0.4, -0.2) is 29.3 Å². The van der Waals surface area contributed by atoms with E-state index in [-0.39, 0.29) is 25.7 Å². The van der Waals surface area contributed by atoms with E-state index in [0.717, 1.165) is 5.56 Å². The van der Waals surface area contributed by atoms with Gasteiger partial charge in [0.05, 0.1) is 18.9 Å². The minimum Gasteiger partial charge on any atom is -0.474 e. The van der Waals surface area contributed by atoms with Gasteiger partial charge in [-0.3, -0.25) is 4.79 Å². The number of ether oxygens (including phenoxy) is 1. The van der Waals surface area contributed by atoms with Gasteiger partial charge in [0, 0.05) is 12.1 Å². The summed E-state index contributed by atoms with van der Waals surface area (Å²) in [5.41, 5.74) is 2.04. The number of β-amino-alcohol motifs (C(OH)–C–C–N with tert-alkyl or cyclic N) is 1. The Hall–Kier alpha value is -2.37. The summed E-state index contributed by atoms with van der Waals surface area (Å²) < 4.78 is 5.85. The van der Waals surface area contributed by atoms with Crippen LogP contribution < -0.4 is 9.64 Å². The van der Waals surface area contributed by atoms with E-state index in [1.54, 1.807) is 18.2 Å². The molecule has 1 unspecified atom stereocenters. The fraction of sp³-hybridized carbons (Fsp3) is 0.235. The van der Waals surface area contributed by atoms with Crippen LogP contribution in [0.5, 0.6) is 5.75 Å². The molecule has 1 amide bonds. The highest BCUT2D eigenvalue weighted by Crippen LogP contribution is 2.39. The van der Waals surface area contributed by atoms with Gasteiger partial charge in [0.15, 0.2) is 0 Å². The van der Waals surface area contributed by atoms with Crippen LogP contribution in [0.1, 0.15) is 17.2 Å². The largest absolute Gasteiger partial charge is 0.474 e. The Morgan fingerprint density at radius 3 is 2.55 bits per heavy atom. The van der Waals surface area contributed by atoms with Gasteiger partial charge in [0.1, 0.15) is 5.75 Å². The zero-order valence-electron chi connectivity index (χ0n) is 12.0. The lowest BCUT2D eigenvalue weighted by Gasteiger charge is -2.34. The number of aliphatic hydroxyl groups excluding tert-OH is 2. The first kappa shape index (κ1) is 14.6. The summed E-state index contributed by atoms with van der Waals surface area (Å²) >= 11 is 0. The minimum absolute atomic E-state index is 0.115. The Bertz CT molecular complexity index is 672. The zero-order valence-corrected chi connectivity index (χ0v) is 12.0. The molecule has 3 rings (SSSR count). The molecular weight excluding hydrogens is 282 g/mol. The minimum atomic E-state index is -0.722. The highest BCUT2D eigenvalue weighted by molar-refractivity contribution is 6.00. The third-order valence-corrected chi connectivity index (χ3v) is 3.66. The molecule has 0 radical (unpaired) electrons. The number of rotatable bonds is 4. The van der Waals surface area contributed by atoms with Gasteiger partial charge in [-0.1, -0.05) is 36.4 Å². The molecule has 0 saturated carbocycles. The maximum Gasteiger partial charge on any atom is 0.272 e. The van der Waals surface area contributed by atoms with Crippen molar-refractivity contribution in [2.24, 2.45) is 0 Å². The monoisotopic (exact) mass is 299 g/mol. The van der Waals surface area contributed by atoms with Crippen molar-refractivity contribution < 1.29 is 19.7 Å². The normalized spacial score (nSPS) is 17.1. The molecule has 0 saturated heterocycles. The van der Waals surface area contributed by atoms with Crippen molar-refractivity contribution in [3.63, 3.8) is 0 Å². The molecule has 5 heteroatoms. The number of carbonyl (C=O) groups is 1. The first-order valence-corrected chi connectivity index (χ1v) is 7.12. The van der Waals surface area contributed by atoms with E-state index in [2.05, 4.69) is 0 Å². The van der Waals surface area contributed by atoms with Crippen molar-refractivity contribution in [2.45, 2.75) is 12.7 Å². The Morgan fingerprint density at radius 1 is 1.09 bits per heavy atom. The lowest BCUT2D eigenvalue weighted by Crippen LogP contribution is -2.42. The van der Waals surface area contributed by atoms with Gasteiger partial charge in [-0.25, -0.2) is 0 Å². The standard InChI is InChI=1S/C17H17NO4/c19-9-8-18-14-10-12(11-20)6-7-15(14)22-16(17(18)21)13-4-2-1-3-5-13/h1-7,10,16,19-20H,8-9,11H2. The molecule has 0 bridgehead atoms. The number of amides is 1. The van der Waals surface area contributed by atoms with Gasteiger partial charge in [0.2, 0.25) is 6.10 Å². The Balaban J connectivity index is 2.03. The molecule has 0 spiro atoms. The maximum absolute atomic E-state index is 12.7. The average Bonchev–Trinajstić information content (AvgIpc) is 2.57. The molecule has 5 nitrogen and oxygen atoms in total. The number of anilines is 1. The second-order valence-corrected chi connectivity index (χ2v) is 5.08. The Kier molecular flexibility index (Phi) is 4.09. The van der Waals surface area contributed by atoms with E-state index in [4.69, 9.17) is 4.74 Å². The zero-order chi connectivity index (χ0) is 15.5. The quantitative estimate of drug-likeness (QED) is 0.900. The number of carbonyl (C=O) groups excluding carboxylic acids is 1. The molecule has 2 aromatic carbocycles. The number of benzene rings is 2. The first-order valence-electron chi connectivity index (χ1n) is 7.12. The van der Waals surface area contributed by atoms with Crippen molar-refractivity contribution in [1.82, 2.24) is 0 Å². The summed E-state index contributed by atoms with van der Waals surface area (Å²) in [5.74, 6) is 0.349. The van der Waals surface area contributed by atoms with E-state index in [1.807, 2.05) is 30.3 Å².